The lowest BCUT2D eigenvalue weighted by Gasteiger charge is -2.08. The number of nitrogens with zero attached hydrogens (tertiary/aromatic N) is 2. The van der Waals surface area contributed by atoms with Crippen LogP contribution in [0.2, 0.25) is 0 Å². The first kappa shape index (κ1) is 11.5. The monoisotopic (exact) mass is 231 g/mol. The number of aryl methyl sites for hydroxylation is 1. The average Bonchev–Trinajstić information content (AvgIpc) is 2.76. The van der Waals surface area contributed by atoms with Crippen LogP contribution >= 0.6 is 0 Å². The fourth-order valence-electron chi connectivity index (χ4n) is 1.87. The van der Waals surface area contributed by atoms with Gasteiger partial charge in [0.05, 0.1) is 12.8 Å². The van der Waals surface area contributed by atoms with Crippen molar-refractivity contribution < 1.29 is 4.74 Å². The van der Waals surface area contributed by atoms with Gasteiger partial charge in [0.25, 0.3) is 0 Å². The Hall–Kier alpha value is -1.97. The largest absolute Gasteiger partial charge is 0.495 e. The van der Waals surface area contributed by atoms with Crippen molar-refractivity contribution in [3.8, 4) is 5.75 Å². The van der Waals surface area contributed by atoms with Crippen molar-refractivity contribution in [2.24, 2.45) is 0 Å². The van der Waals surface area contributed by atoms with Gasteiger partial charge in [0.1, 0.15) is 11.6 Å². The molecule has 1 aromatic carbocycles. The van der Waals surface area contributed by atoms with E-state index in [1.165, 1.54) is 0 Å². The Bertz CT molecular complexity index is 505. The molecule has 0 bridgehead atoms. The van der Waals surface area contributed by atoms with Crippen molar-refractivity contribution in [1.82, 2.24) is 9.55 Å². The molecule has 0 aliphatic heterocycles. The summed E-state index contributed by atoms with van der Waals surface area (Å²) in [5.41, 5.74) is 7.69. The molecular formula is C13H17N3O. The molecule has 1 aromatic heterocycles. The number of methoxy groups -OCH3 is 1. The third-order valence-corrected chi connectivity index (χ3v) is 2.80. The van der Waals surface area contributed by atoms with Gasteiger partial charge >= 0.3 is 0 Å². The van der Waals surface area contributed by atoms with Crippen LogP contribution in [0.3, 0.4) is 0 Å². The van der Waals surface area contributed by atoms with Gasteiger partial charge in [-0.1, -0.05) is 6.07 Å². The molecule has 0 spiro atoms. The van der Waals surface area contributed by atoms with Crippen LogP contribution in [0.4, 0.5) is 5.69 Å². The minimum atomic E-state index is 0.666. The van der Waals surface area contributed by atoms with E-state index in [1.54, 1.807) is 7.11 Å². The van der Waals surface area contributed by atoms with Crippen LogP contribution in [0.5, 0.6) is 5.75 Å². The van der Waals surface area contributed by atoms with Crippen LogP contribution in [0.15, 0.2) is 30.6 Å². The summed E-state index contributed by atoms with van der Waals surface area (Å²) in [6, 6.07) is 5.85. The lowest BCUT2D eigenvalue weighted by atomic mass is 10.1. The summed E-state index contributed by atoms with van der Waals surface area (Å²) < 4.78 is 7.26. The van der Waals surface area contributed by atoms with Crippen LogP contribution < -0.4 is 10.5 Å². The van der Waals surface area contributed by atoms with Crippen molar-refractivity contribution in [1.29, 1.82) is 0 Å². The number of benzene rings is 1. The maximum atomic E-state index is 5.88. The van der Waals surface area contributed by atoms with Gasteiger partial charge in [-0.15, -0.1) is 0 Å². The second kappa shape index (κ2) is 4.91. The smallest absolute Gasteiger partial charge is 0.141 e. The van der Waals surface area contributed by atoms with E-state index >= 15 is 0 Å². The Balaban J connectivity index is 2.22. The van der Waals surface area contributed by atoms with Gasteiger partial charge < -0.3 is 15.0 Å². The topological polar surface area (TPSA) is 53.1 Å². The summed E-state index contributed by atoms with van der Waals surface area (Å²) in [5.74, 6) is 1.77. The van der Waals surface area contributed by atoms with Crippen LogP contribution in [-0.2, 0) is 13.0 Å². The third kappa shape index (κ3) is 2.41. The molecule has 0 unspecified atom stereocenters. The van der Waals surface area contributed by atoms with Crippen LogP contribution in [-0.4, -0.2) is 16.7 Å². The van der Waals surface area contributed by atoms with Crippen LogP contribution in [0.25, 0.3) is 0 Å². The molecule has 2 aromatic rings. The van der Waals surface area contributed by atoms with E-state index in [9.17, 15) is 0 Å². The molecule has 0 aliphatic rings. The van der Waals surface area contributed by atoms with E-state index < -0.39 is 0 Å². The highest BCUT2D eigenvalue weighted by molar-refractivity contribution is 5.54. The molecule has 4 heteroatoms. The number of rotatable bonds is 4. The molecule has 0 aliphatic carbocycles. The zero-order valence-electron chi connectivity index (χ0n) is 10.2. The number of hydrogen-bond acceptors (Lipinski definition) is 3. The average molecular weight is 231 g/mol. The fraction of sp³-hybridized carbons (Fsp3) is 0.308. The van der Waals surface area contributed by atoms with E-state index in [0.29, 0.717) is 11.4 Å². The van der Waals surface area contributed by atoms with Gasteiger partial charge in [-0.25, -0.2) is 4.98 Å². The quantitative estimate of drug-likeness (QED) is 0.820. The minimum absolute atomic E-state index is 0.666. The molecule has 0 saturated carbocycles. The van der Waals surface area contributed by atoms with Gasteiger partial charge in [0.15, 0.2) is 0 Å². The molecule has 17 heavy (non-hydrogen) atoms. The van der Waals surface area contributed by atoms with Crippen molar-refractivity contribution in [2.75, 3.05) is 12.8 Å². The van der Waals surface area contributed by atoms with E-state index in [-0.39, 0.29) is 0 Å². The first-order chi connectivity index (χ1) is 8.24. The van der Waals surface area contributed by atoms with Gasteiger partial charge in [-0.2, -0.15) is 0 Å². The summed E-state index contributed by atoms with van der Waals surface area (Å²) in [7, 11) is 1.62. The molecule has 1 heterocycles. The zero-order valence-corrected chi connectivity index (χ0v) is 10.2. The molecule has 90 valence electrons. The molecular weight excluding hydrogens is 214 g/mol. The summed E-state index contributed by atoms with van der Waals surface area (Å²) in [5, 5.41) is 0. The second-order valence-corrected chi connectivity index (χ2v) is 3.88. The van der Waals surface area contributed by atoms with Crippen molar-refractivity contribution in [3.63, 3.8) is 0 Å². The minimum Gasteiger partial charge on any atom is -0.495 e. The molecule has 0 fully saturated rings. The number of nitrogens with two attached hydrogens (primary N) is 1. The number of hydrogen-bond donors (Lipinski definition) is 1. The molecule has 4 nitrogen and oxygen atoms in total. The summed E-state index contributed by atoms with van der Waals surface area (Å²) in [6.07, 6.45) is 4.60. The number of aromatic nitrogens is 2. The van der Waals surface area contributed by atoms with Gasteiger partial charge in [0.2, 0.25) is 0 Å². The Labute approximate surface area is 101 Å². The molecule has 0 radical (unpaired) electrons. The Morgan fingerprint density at radius 2 is 2.24 bits per heavy atom. The summed E-state index contributed by atoms with van der Waals surface area (Å²) in [4.78, 5) is 4.35. The first-order valence-electron chi connectivity index (χ1n) is 5.67. The van der Waals surface area contributed by atoms with Gasteiger partial charge in [-0.05, 0) is 24.6 Å². The van der Waals surface area contributed by atoms with Crippen LogP contribution in [0.1, 0.15) is 18.3 Å². The van der Waals surface area contributed by atoms with Crippen molar-refractivity contribution in [2.45, 2.75) is 19.9 Å². The predicted molar refractivity (Wildman–Crippen MR) is 68.1 cm³/mol. The third-order valence-electron chi connectivity index (χ3n) is 2.80. The highest BCUT2D eigenvalue weighted by atomic mass is 16.5. The normalized spacial score (nSPS) is 10.5. The van der Waals surface area contributed by atoms with Crippen molar-refractivity contribution >= 4 is 5.69 Å². The number of nitrogen functional groups attached to an aromatic ring is 1. The Kier molecular flexibility index (Phi) is 3.32. The molecule has 0 saturated heterocycles. The zero-order chi connectivity index (χ0) is 12.3. The Morgan fingerprint density at radius 1 is 1.41 bits per heavy atom. The molecule has 2 N–H and O–H groups in total. The maximum Gasteiger partial charge on any atom is 0.141 e. The lowest BCUT2D eigenvalue weighted by Crippen LogP contribution is -2.02. The van der Waals surface area contributed by atoms with E-state index in [1.807, 2.05) is 30.6 Å². The second-order valence-electron chi connectivity index (χ2n) is 3.88. The fourth-order valence-corrected chi connectivity index (χ4v) is 1.87. The number of ether oxygens (including phenoxy) is 1. The first-order valence-corrected chi connectivity index (χ1v) is 5.67. The summed E-state index contributed by atoms with van der Waals surface area (Å²) in [6.45, 7) is 3.04. The maximum absolute atomic E-state index is 5.88. The highest BCUT2D eigenvalue weighted by Gasteiger charge is 2.05. The molecule has 0 atom stereocenters. The van der Waals surface area contributed by atoms with E-state index in [4.69, 9.17) is 10.5 Å². The molecule has 0 amide bonds. The SMILES string of the molecule is CCn1ccnc1Cc1ccc(OC)c(N)c1. The number of imidazole rings is 1. The Morgan fingerprint density at radius 3 is 2.88 bits per heavy atom. The standard InChI is InChI=1S/C13H17N3O/c1-3-16-7-6-15-13(16)9-10-4-5-12(17-2)11(14)8-10/h4-8H,3,9,14H2,1-2H3. The van der Waals surface area contributed by atoms with E-state index in [2.05, 4.69) is 16.5 Å². The predicted octanol–water partition coefficient (Wildman–Crippen LogP) is 2.08. The number of anilines is 1. The van der Waals surface area contributed by atoms with Crippen molar-refractivity contribution in [3.05, 3.63) is 42.0 Å². The molecule has 2 rings (SSSR count). The van der Waals surface area contributed by atoms with Gasteiger partial charge in [0, 0.05) is 25.4 Å². The van der Waals surface area contributed by atoms with E-state index in [0.717, 1.165) is 24.4 Å². The van der Waals surface area contributed by atoms with Crippen LogP contribution in [0, 0.1) is 0 Å². The lowest BCUT2D eigenvalue weighted by molar-refractivity contribution is 0.417. The summed E-state index contributed by atoms with van der Waals surface area (Å²) >= 11 is 0. The highest BCUT2D eigenvalue weighted by Crippen LogP contribution is 2.23. The van der Waals surface area contributed by atoms with Gasteiger partial charge in [-0.3, -0.25) is 0 Å².